The van der Waals surface area contributed by atoms with Crippen LogP contribution in [0, 0.1) is 13.8 Å². The maximum absolute atomic E-state index is 12.6. The molecule has 234 valence electrons. The van der Waals surface area contributed by atoms with Gasteiger partial charge in [-0.3, -0.25) is 4.79 Å². The van der Waals surface area contributed by atoms with Crippen molar-refractivity contribution in [2.45, 2.75) is 33.0 Å². The highest BCUT2D eigenvalue weighted by molar-refractivity contribution is 5.75. The van der Waals surface area contributed by atoms with Crippen LogP contribution in [-0.2, 0) is 27.4 Å². The second kappa shape index (κ2) is 12.6. The normalized spacial score (nSPS) is 14.1. The first-order valence-corrected chi connectivity index (χ1v) is 15.3. The summed E-state index contributed by atoms with van der Waals surface area (Å²) in [5, 5.41) is 14.5. The van der Waals surface area contributed by atoms with E-state index in [-0.39, 0.29) is 6.73 Å². The van der Waals surface area contributed by atoms with Crippen LogP contribution in [0.15, 0.2) is 85.1 Å². The van der Waals surface area contributed by atoms with Crippen LogP contribution >= 0.6 is 0 Å². The van der Waals surface area contributed by atoms with Crippen LogP contribution in [0.1, 0.15) is 16.8 Å². The van der Waals surface area contributed by atoms with Crippen molar-refractivity contribution in [3.63, 3.8) is 0 Å². The third-order valence-electron chi connectivity index (χ3n) is 8.04. The highest BCUT2D eigenvalue weighted by Gasteiger charge is 2.21. The van der Waals surface area contributed by atoms with Gasteiger partial charge in [0.25, 0.3) is 0 Å². The van der Waals surface area contributed by atoms with Crippen molar-refractivity contribution in [2.75, 3.05) is 31.2 Å². The van der Waals surface area contributed by atoms with E-state index in [0.717, 1.165) is 41.4 Å². The van der Waals surface area contributed by atoms with Gasteiger partial charge in [0.05, 0.1) is 18.9 Å². The molecule has 4 aromatic heterocycles. The molecule has 1 unspecified atom stereocenters. The average Bonchev–Trinajstić information content (AvgIpc) is 3.83. The van der Waals surface area contributed by atoms with Crippen LogP contribution in [0.25, 0.3) is 34.1 Å². The minimum atomic E-state index is -0.766. The smallest absolute Gasteiger partial charge is 0.325 e. The molecule has 12 heteroatoms. The van der Waals surface area contributed by atoms with Crippen LogP contribution in [0.4, 0.5) is 5.82 Å². The number of carbonyl (C=O) groups is 1. The van der Waals surface area contributed by atoms with Gasteiger partial charge in [-0.05, 0) is 44.0 Å². The lowest BCUT2D eigenvalue weighted by atomic mass is 10.1. The summed E-state index contributed by atoms with van der Waals surface area (Å²) in [6.07, 6.45) is 2.32. The maximum Gasteiger partial charge on any atom is 0.325 e. The summed E-state index contributed by atoms with van der Waals surface area (Å²) in [6.45, 7) is 6.64. The summed E-state index contributed by atoms with van der Waals surface area (Å²) in [5.74, 6) is 1.09. The Kier molecular flexibility index (Phi) is 8.04. The Bertz CT molecular complexity index is 1990. The number of ether oxygens (including phenoxy) is 2. The fourth-order valence-electron chi connectivity index (χ4n) is 5.57. The molecule has 1 atom stereocenters. The lowest BCUT2D eigenvalue weighted by Crippen LogP contribution is -2.37. The SMILES string of the molecule is Cc1cccc(-c2ccn(-c3cc(N4CCOCC4)n4nc(-c5cc(C)n(COC(=O)C(N)Cc6ccccc6)n5)cc4n3)n2)c1. The number of aryl methyl sites for hydroxylation is 2. The number of hydrogen-bond acceptors (Lipinski definition) is 9. The van der Waals surface area contributed by atoms with E-state index in [9.17, 15) is 4.79 Å². The van der Waals surface area contributed by atoms with Crippen molar-refractivity contribution in [1.82, 2.24) is 34.2 Å². The Morgan fingerprint density at radius 2 is 1.72 bits per heavy atom. The molecule has 46 heavy (non-hydrogen) atoms. The van der Waals surface area contributed by atoms with Crippen molar-refractivity contribution in [2.24, 2.45) is 5.73 Å². The highest BCUT2D eigenvalue weighted by Crippen LogP contribution is 2.26. The van der Waals surface area contributed by atoms with Crippen LogP contribution in [0.5, 0.6) is 0 Å². The van der Waals surface area contributed by atoms with Gasteiger partial charge in [-0.1, -0.05) is 54.1 Å². The summed E-state index contributed by atoms with van der Waals surface area (Å²) in [4.78, 5) is 19.8. The lowest BCUT2D eigenvalue weighted by Gasteiger charge is -2.29. The molecule has 0 saturated carbocycles. The average molecular weight is 618 g/mol. The standard InChI is InChI=1S/C34H35N9O3/c1-23-7-6-10-26(17-23)28-11-12-41(37-28)31-21-33(40-13-15-45-16-14-40)43-32(36-31)20-30(39-43)29-18-24(2)42(38-29)22-46-34(44)27(35)19-25-8-4-3-5-9-25/h3-12,17-18,20-21,27H,13-16,19,22,35H2,1-2H3. The van der Waals surface area contributed by atoms with Crippen molar-refractivity contribution >= 4 is 17.4 Å². The summed E-state index contributed by atoms with van der Waals surface area (Å²) < 4.78 is 16.4. The quantitative estimate of drug-likeness (QED) is 0.240. The minimum absolute atomic E-state index is 0.0511. The maximum atomic E-state index is 12.6. The zero-order valence-electron chi connectivity index (χ0n) is 25.8. The molecule has 1 fully saturated rings. The van der Waals surface area contributed by atoms with Gasteiger partial charge in [0.15, 0.2) is 18.2 Å². The number of fused-ring (bicyclic) bond motifs is 1. The monoisotopic (exact) mass is 617 g/mol. The van der Waals surface area contributed by atoms with Crippen LogP contribution in [-0.4, -0.2) is 72.5 Å². The topological polar surface area (TPSA) is 131 Å². The molecule has 0 bridgehead atoms. The first-order chi connectivity index (χ1) is 22.4. The van der Waals surface area contributed by atoms with E-state index >= 15 is 0 Å². The molecule has 0 spiro atoms. The van der Waals surface area contributed by atoms with Gasteiger partial charge in [0.1, 0.15) is 23.2 Å². The van der Waals surface area contributed by atoms with Crippen LogP contribution < -0.4 is 10.6 Å². The van der Waals surface area contributed by atoms with Crippen molar-refractivity contribution in [3.05, 3.63) is 102 Å². The number of benzene rings is 2. The predicted octanol–water partition coefficient (Wildman–Crippen LogP) is 3.97. The second-order valence-electron chi connectivity index (χ2n) is 11.4. The van der Waals surface area contributed by atoms with Crippen LogP contribution in [0.2, 0.25) is 0 Å². The van der Waals surface area contributed by atoms with Gasteiger partial charge in [0, 0.05) is 42.7 Å². The molecule has 0 radical (unpaired) electrons. The van der Waals surface area contributed by atoms with Gasteiger partial charge in [-0.2, -0.15) is 19.8 Å². The zero-order chi connectivity index (χ0) is 31.6. The summed E-state index contributed by atoms with van der Waals surface area (Å²) in [6, 6.07) is 25.0. The highest BCUT2D eigenvalue weighted by atomic mass is 16.5. The molecule has 1 aliphatic heterocycles. The number of esters is 1. The molecule has 1 aliphatic rings. The first-order valence-electron chi connectivity index (χ1n) is 15.3. The number of carbonyl (C=O) groups excluding carboxylic acids is 1. The third-order valence-corrected chi connectivity index (χ3v) is 8.04. The number of rotatable bonds is 9. The zero-order valence-corrected chi connectivity index (χ0v) is 25.8. The number of hydrogen-bond donors (Lipinski definition) is 1. The van der Waals surface area contributed by atoms with E-state index < -0.39 is 12.0 Å². The summed E-state index contributed by atoms with van der Waals surface area (Å²) in [5.41, 5.74) is 13.0. The van der Waals surface area contributed by atoms with E-state index in [2.05, 4.69) is 30.0 Å². The number of nitrogens with two attached hydrogens (primary N) is 1. The minimum Gasteiger partial charge on any atom is -0.441 e. The number of anilines is 1. The molecular weight excluding hydrogens is 582 g/mol. The predicted molar refractivity (Wildman–Crippen MR) is 173 cm³/mol. The number of morpholine rings is 1. The van der Waals surface area contributed by atoms with E-state index in [4.69, 9.17) is 35.5 Å². The molecular formula is C34H35N9O3. The Hall–Kier alpha value is -5.33. The van der Waals surface area contributed by atoms with Gasteiger partial charge in [0.2, 0.25) is 0 Å². The van der Waals surface area contributed by atoms with Crippen LogP contribution in [0.3, 0.4) is 0 Å². The van der Waals surface area contributed by atoms with Gasteiger partial charge in [-0.15, -0.1) is 0 Å². The van der Waals surface area contributed by atoms with Crippen molar-refractivity contribution in [1.29, 1.82) is 0 Å². The molecule has 12 nitrogen and oxygen atoms in total. The first kappa shape index (κ1) is 29.4. The lowest BCUT2D eigenvalue weighted by molar-refractivity contribution is -0.149. The Morgan fingerprint density at radius 3 is 2.52 bits per heavy atom. The molecule has 0 aliphatic carbocycles. The fourth-order valence-corrected chi connectivity index (χ4v) is 5.57. The Balaban J connectivity index is 1.16. The van der Waals surface area contributed by atoms with E-state index in [1.54, 1.807) is 9.36 Å². The third kappa shape index (κ3) is 6.12. The number of aromatic nitrogens is 7. The van der Waals surface area contributed by atoms with Crippen molar-refractivity contribution < 1.29 is 14.3 Å². The Morgan fingerprint density at radius 1 is 0.913 bits per heavy atom. The fraction of sp³-hybridized carbons (Fsp3) is 0.265. The van der Waals surface area contributed by atoms with Gasteiger partial charge in [-0.25, -0.2) is 14.3 Å². The molecule has 7 rings (SSSR count). The molecule has 6 aromatic rings. The summed E-state index contributed by atoms with van der Waals surface area (Å²) >= 11 is 0. The van der Waals surface area contributed by atoms with Gasteiger partial charge < -0.3 is 20.1 Å². The van der Waals surface area contributed by atoms with Crippen molar-refractivity contribution in [3.8, 4) is 28.5 Å². The van der Waals surface area contributed by atoms with E-state index in [0.29, 0.717) is 42.5 Å². The van der Waals surface area contributed by atoms with Gasteiger partial charge >= 0.3 is 5.97 Å². The molecule has 1 saturated heterocycles. The molecule has 2 N–H and O–H groups in total. The second-order valence-corrected chi connectivity index (χ2v) is 11.4. The molecule has 2 aromatic carbocycles. The summed E-state index contributed by atoms with van der Waals surface area (Å²) in [7, 11) is 0. The molecule has 0 amide bonds. The largest absolute Gasteiger partial charge is 0.441 e. The number of nitrogens with zero attached hydrogens (tertiary/aromatic N) is 8. The Labute approximate surface area is 266 Å². The van der Waals surface area contributed by atoms with E-state index in [1.165, 1.54) is 5.56 Å². The molecule has 5 heterocycles. The van der Waals surface area contributed by atoms with E-state index in [1.807, 2.05) is 78.3 Å².